The molecule has 0 N–H and O–H groups in total. The minimum atomic E-state index is -0.417. The Balaban J connectivity index is 3.57. The molecule has 4 nitrogen and oxygen atoms in total. The van der Waals surface area contributed by atoms with Gasteiger partial charge in [0.2, 0.25) is 0 Å². The van der Waals surface area contributed by atoms with Crippen LogP contribution in [0.25, 0.3) is 5.76 Å². The van der Waals surface area contributed by atoms with Gasteiger partial charge in [-0.3, -0.25) is 0 Å². The first-order valence-corrected chi connectivity index (χ1v) is 7.93. The molecule has 128 valence electrons. The molecule has 0 heterocycles. The number of esters is 1. The highest BCUT2D eigenvalue weighted by Gasteiger charge is 2.31. The van der Waals surface area contributed by atoms with Crippen molar-refractivity contribution in [2.75, 3.05) is 13.7 Å². The third-order valence-electron chi connectivity index (χ3n) is 3.14. The second-order valence-corrected chi connectivity index (χ2v) is 6.57. The van der Waals surface area contributed by atoms with E-state index in [1.165, 1.54) is 0 Å². The molecule has 0 saturated carbocycles. The van der Waals surface area contributed by atoms with Gasteiger partial charge in [0.25, 0.3) is 0 Å². The van der Waals surface area contributed by atoms with E-state index in [1.54, 1.807) is 14.0 Å². The summed E-state index contributed by atoms with van der Waals surface area (Å²) < 4.78 is 16.6. The summed E-state index contributed by atoms with van der Waals surface area (Å²) in [6.07, 6.45) is -0.0667. The molecule has 0 bridgehead atoms. The van der Waals surface area contributed by atoms with Gasteiger partial charge in [0.15, 0.2) is 0 Å². The Labute approximate surface area is 139 Å². The smallest absolute Gasteiger partial charge is 0.338 e. The maximum atomic E-state index is 12.5. The Bertz CT molecular complexity index is 565. The fraction of sp³-hybridized carbons (Fsp3) is 0.526. The number of hydrogen-bond donors (Lipinski definition) is 0. The molecule has 0 atom stereocenters. The highest BCUT2D eigenvalue weighted by Crippen LogP contribution is 2.35. The molecule has 0 saturated heterocycles. The Morgan fingerprint density at radius 1 is 1.22 bits per heavy atom. The Morgan fingerprint density at radius 2 is 1.87 bits per heavy atom. The number of carbonyl (C=O) groups excluding carboxylic acids is 1. The average molecular weight is 320 g/mol. The minimum Gasteiger partial charge on any atom is -0.497 e. The molecule has 0 aliphatic heterocycles. The summed E-state index contributed by atoms with van der Waals surface area (Å²) in [7, 11) is 1.61. The van der Waals surface area contributed by atoms with Crippen molar-refractivity contribution in [3.63, 3.8) is 0 Å². The fourth-order valence-electron chi connectivity index (χ4n) is 2.21. The topological polar surface area (TPSA) is 44.8 Å². The van der Waals surface area contributed by atoms with Crippen LogP contribution < -0.4 is 4.74 Å². The Morgan fingerprint density at radius 3 is 2.35 bits per heavy atom. The van der Waals surface area contributed by atoms with Gasteiger partial charge >= 0.3 is 5.97 Å². The van der Waals surface area contributed by atoms with Crippen LogP contribution in [0.15, 0.2) is 29.8 Å². The summed E-state index contributed by atoms with van der Waals surface area (Å²) in [5, 5.41) is 0. The van der Waals surface area contributed by atoms with E-state index in [1.807, 2.05) is 58.9 Å². The van der Waals surface area contributed by atoms with Gasteiger partial charge in [0, 0.05) is 5.56 Å². The number of carbonyl (C=O) groups is 1. The quantitative estimate of drug-likeness (QED) is 0.441. The molecule has 23 heavy (non-hydrogen) atoms. The second kappa shape index (κ2) is 8.04. The van der Waals surface area contributed by atoms with Crippen LogP contribution in [0.2, 0.25) is 0 Å². The number of benzene rings is 1. The van der Waals surface area contributed by atoms with E-state index in [2.05, 4.69) is 0 Å². The van der Waals surface area contributed by atoms with Gasteiger partial charge in [0.1, 0.15) is 11.5 Å². The number of methoxy groups -OCH3 is 1. The third-order valence-corrected chi connectivity index (χ3v) is 3.14. The first-order chi connectivity index (χ1) is 10.7. The lowest BCUT2D eigenvalue weighted by atomic mass is 9.84. The molecular formula is C19H28O4. The van der Waals surface area contributed by atoms with Crippen LogP contribution in [-0.4, -0.2) is 25.8 Å². The summed E-state index contributed by atoms with van der Waals surface area (Å²) in [6.45, 7) is 11.9. The standard InChI is InChI=1S/C19H28O4/c1-8-22-18(20)16(19(4,5)6)17(23-13(2)3)14-10-9-11-15(12-14)21-7/h9-13H,8H2,1-7H3. The third kappa shape index (κ3) is 5.31. The van der Waals surface area contributed by atoms with Crippen LogP contribution in [-0.2, 0) is 14.3 Å². The lowest BCUT2D eigenvalue weighted by Gasteiger charge is -2.26. The summed E-state index contributed by atoms with van der Waals surface area (Å²) in [5.74, 6) is 0.910. The molecule has 1 aromatic rings. The van der Waals surface area contributed by atoms with Crippen molar-refractivity contribution in [3.8, 4) is 5.75 Å². The Hall–Kier alpha value is -1.97. The molecule has 0 fully saturated rings. The summed E-state index contributed by atoms with van der Waals surface area (Å²) in [6, 6.07) is 7.51. The van der Waals surface area contributed by atoms with Crippen molar-refractivity contribution >= 4 is 11.7 Å². The predicted molar refractivity (Wildman–Crippen MR) is 92.2 cm³/mol. The lowest BCUT2D eigenvalue weighted by Crippen LogP contribution is -2.23. The molecule has 0 amide bonds. The number of rotatable bonds is 6. The fourth-order valence-corrected chi connectivity index (χ4v) is 2.21. The van der Waals surface area contributed by atoms with E-state index in [-0.39, 0.29) is 12.1 Å². The number of hydrogen-bond acceptors (Lipinski definition) is 4. The van der Waals surface area contributed by atoms with E-state index in [9.17, 15) is 4.79 Å². The van der Waals surface area contributed by atoms with Gasteiger partial charge in [0.05, 0.1) is 25.4 Å². The van der Waals surface area contributed by atoms with E-state index in [0.29, 0.717) is 23.7 Å². The SMILES string of the molecule is CCOC(=O)C(=C(OC(C)C)c1cccc(OC)c1)C(C)(C)C. The monoisotopic (exact) mass is 320 g/mol. The first-order valence-electron chi connectivity index (χ1n) is 7.93. The molecule has 0 unspecified atom stereocenters. The largest absolute Gasteiger partial charge is 0.497 e. The van der Waals surface area contributed by atoms with E-state index >= 15 is 0 Å². The highest BCUT2D eigenvalue weighted by atomic mass is 16.5. The zero-order valence-electron chi connectivity index (χ0n) is 15.2. The zero-order valence-corrected chi connectivity index (χ0v) is 15.2. The molecular weight excluding hydrogens is 292 g/mol. The van der Waals surface area contributed by atoms with Gasteiger partial charge in [-0.15, -0.1) is 0 Å². The molecule has 0 radical (unpaired) electrons. The van der Waals surface area contributed by atoms with Crippen LogP contribution >= 0.6 is 0 Å². The molecule has 1 rings (SSSR count). The number of ether oxygens (including phenoxy) is 3. The Kier molecular flexibility index (Phi) is 6.67. The van der Waals surface area contributed by atoms with Crippen molar-refractivity contribution in [1.29, 1.82) is 0 Å². The molecule has 0 aromatic heterocycles. The highest BCUT2D eigenvalue weighted by molar-refractivity contribution is 5.97. The van der Waals surface area contributed by atoms with Gasteiger partial charge in [-0.1, -0.05) is 32.9 Å². The molecule has 0 aliphatic carbocycles. The molecule has 1 aromatic carbocycles. The summed E-state index contributed by atoms with van der Waals surface area (Å²) in [4.78, 5) is 12.5. The van der Waals surface area contributed by atoms with E-state index in [4.69, 9.17) is 14.2 Å². The van der Waals surface area contributed by atoms with Gasteiger partial charge < -0.3 is 14.2 Å². The second-order valence-electron chi connectivity index (χ2n) is 6.57. The normalized spacial score (nSPS) is 12.7. The van der Waals surface area contributed by atoms with Crippen LogP contribution in [0, 0.1) is 5.41 Å². The van der Waals surface area contributed by atoms with Crippen LogP contribution in [0.1, 0.15) is 47.1 Å². The zero-order chi connectivity index (χ0) is 17.6. The summed E-state index contributed by atoms with van der Waals surface area (Å²) >= 11 is 0. The maximum Gasteiger partial charge on any atom is 0.338 e. The average Bonchev–Trinajstić information content (AvgIpc) is 2.45. The molecule has 0 spiro atoms. The first kappa shape index (κ1) is 19.1. The van der Waals surface area contributed by atoms with Crippen LogP contribution in [0.3, 0.4) is 0 Å². The van der Waals surface area contributed by atoms with Gasteiger partial charge in [-0.25, -0.2) is 4.79 Å². The van der Waals surface area contributed by atoms with Crippen molar-refractivity contribution < 1.29 is 19.0 Å². The predicted octanol–water partition coefficient (Wildman–Crippen LogP) is 4.44. The summed E-state index contributed by atoms with van der Waals surface area (Å²) in [5.41, 5.74) is 0.914. The maximum absolute atomic E-state index is 12.5. The van der Waals surface area contributed by atoms with Crippen molar-refractivity contribution in [3.05, 3.63) is 35.4 Å². The van der Waals surface area contributed by atoms with Crippen molar-refractivity contribution in [1.82, 2.24) is 0 Å². The van der Waals surface area contributed by atoms with Crippen LogP contribution in [0.5, 0.6) is 5.75 Å². The van der Waals surface area contributed by atoms with Gasteiger partial charge in [-0.2, -0.15) is 0 Å². The molecule has 4 heteroatoms. The van der Waals surface area contributed by atoms with E-state index < -0.39 is 5.41 Å². The van der Waals surface area contributed by atoms with Crippen molar-refractivity contribution in [2.45, 2.75) is 47.6 Å². The lowest BCUT2D eigenvalue weighted by molar-refractivity contribution is -0.139. The van der Waals surface area contributed by atoms with E-state index in [0.717, 1.165) is 5.56 Å². The van der Waals surface area contributed by atoms with Gasteiger partial charge in [-0.05, 0) is 38.3 Å². The van der Waals surface area contributed by atoms with Crippen molar-refractivity contribution in [2.24, 2.45) is 5.41 Å². The van der Waals surface area contributed by atoms with Crippen LogP contribution in [0.4, 0.5) is 0 Å². The molecule has 0 aliphatic rings. The minimum absolute atomic E-state index is 0.0667.